The number of hydrogen-bond acceptors (Lipinski definition) is 2. The van der Waals surface area contributed by atoms with E-state index in [9.17, 15) is 0 Å². The number of aliphatic imine (C=N–C) groups is 1. The van der Waals surface area contributed by atoms with E-state index in [0.717, 1.165) is 11.1 Å². The van der Waals surface area contributed by atoms with E-state index in [4.69, 9.17) is 5.73 Å². The van der Waals surface area contributed by atoms with Crippen LogP contribution in [0.15, 0.2) is 39.9 Å². The second kappa shape index (κ2) is 5.34. The van der Waals surface area contributed by atoms with Crippen LogP contribution in [-0.2, 0) is 0 Å². The van der Waals surface area contributed by atoms with Crippen molar-refractivity contribution in [2.45, 2.75) is 13.8 Å². The average Bonchev–Trinajstić information content (AvgIpc) is 2.11. The molecule has 2 nitrogen and oxygen atoms in total. The minimum absolute atomic E-state index is 0.518. The van der Waals surface area contributed by atoms with Crippen LogP contribution < -0.4 is 5.73 Å². The highest BCUT2D eigenvalue weighted by molar-refractivity contribution is 5.39. The van der Waals surface area contributed by atoms with Crippen LogP contribution in [0, 0.1) is 0 Å². The number of nitrogens with two attached hydrogens (primary N) is 1. The van der Waals surface area contributed by atoms with Crippen LogP contribution in [-0.4, -0.2) is 13.3 Å². The average molecular weight is 162 g/mol. The molecule has 0 aromatic heterocycles. The van der Waals surface area contributed by atoms with Crippen LogP contribution in [0.1, 0.15) is 13.8 Å². The molecule has 0 aliphatic carbocycles. The van der Waals surface area contributed by atoms with Crippen molar-refractivity contribution in [3.05, 3.63) is 34.9 Å². The molecule has 0 fully saturated rings. The molecule has 0 spiro atoms. The lowest BCUT2D eigenvalue weighted by Gasteiger charge is -2.02. The molecule has 0 amide bonds. The predicted molar refractivity (Wildman–Crippen MR) is 53.1 cm³/mol. The summed E-state index contributed by atoms with van der Waals surface area (Å²) >= 11 is 0. The Morgan fingerprint density at radius 2 is 2.08 bits per heavy atom. The summed E-state index contributed by atoms with van der Waals surface area (Å²) in [5.74, 6) is 0. The lowest BCUT2D eigenvalue weighted by molar-refractivity contribution is 1.09. The van der Waals surface area contributed by atoms with Gasteiger partial charge in [-0.1, -0.05) is 11.3 Å². The molecule has 64 valence electrons. The molecule has 0 aliphatic heterocycles. The van der Waals surface area contributed by atoms with Crippen molar-refractivity contribution in [1.82, 2.24) is 0 Å². The van der Waals surface area contributed by atoms with Crippen molar-refractivity contribution < 1.29 is 0 Å². The van der Waals surface area contributed by atoms with Gasteiger partial charge in [-0.3, -0.25) is 4.99 Å². The highest BCUT2D eigenvalue weighted by atomic mass is 14.7. The Labute approximate surface area is 73.5 Å². The summed E-state index contributed by atoms with van der Waals surface area (Å²) in [4.78, 5) is 3.79. The zero-order valence-corrected chi connectivity index (χ0v) is 7.65. The summed E-state index contributed by atoms with van der Waals surface area (Å²) in [6.45, 7) is 11.2. The molecule has 2 N–H and O–H groups in total. The van der Waals surface area contributed by atoms with Crippen molar-refractivity contribution >= 4 is 6.72 Å². The molecular formula is C10H14N2. The highest BCUT2D eigenvalue weighted by Gasteiger charge is 1.98. The Balaban J connectivity index is 5.16. The zero-order chi connectivity index (χ0) is 9.56. The van der Waals surface area contributed by atoms with Crippen molar-refractivity contribution in [3.63, 3.8) is 0 Å². The Kier molecular flexibility index (Phi) is 4.75. The van der Waals surface area contributed by atoms with Gasteiger partial charge < -0.3 is 5.73 Å². The van der Waals surface area contributed by atoms with Gasteiger partial charge in [0.05, 0.1) is 0 Å². The van der Waals surface area contributed by atoms with Gasteiger partial charge in [0.25, 0.3) is 0 Å². The van der Waals surface area contributed by atoms with E-state index >= 15 is 0 Å². The molecule has 0 heterocycles. The van der Waals surface area contributed by atoms with E-state index in [2.05, 4.69) is 29.8 Å². The number of nitrogens with zero attached hydrogens (tertiary/aromatic N) is 1. The first-order valence-corrected chi connectivity index (χ1v) is 3.66. The Bertz CT molecular complexity index is 285. The van der Waals surface area contributed by atoms with Gasteiger partial charge in [-0.15, -0.1) is 0 Å². The van der Waals surface area contributed by atoms with Crippen molar-refractivity contribution in [2.75, 3.05) is 6.54 Å². The van der Waals surface area contributed by atoms with Crippen LogP contribution in [0.4, 0.5) is 0 Å². The van der Waals surface area contributed by atoms with Crippen LogP contribution in [0.25, 0.3) is 0 Å². The summed E-state index contributed by atoms with van der Waals surface area (Å²) in [7, 11) is 0. The fourth-order valence-electron chi connectivity index (χ4n) is 0.691. The topological polar surface area (TPSA) is 38.4 Å². The molecule has 0 aliphatic rings. The van der Waals surface area contributed by atoms with E-state index in [1.54, 1.807) is 0 Å². The van der Waals surface area contributed by atoms with Crippen LogP contribution in [0.2, 0.25) is 0 Å². The van der Waals surface area contributed by atoms with Gasteiger partial charge in [0.1, 0.15) is 5.70 Å². The van der Waals surface area contributed by atoms with Crippen molar-refractivity contribution in [1.29, 1.82) is 0 Å². The maximum Gasteiger partial charge on any atom is 0.115 e. The summed E-state index contributed by atoms with van der Waals surface area (Å²) < 4.78 is 0. The third kappa shape index (κ3) is 2.73. The maximum absolute atomic E-state index is 5.46. The van der Waals surface area contributed by atoms with Crippen molar-refractivity contribution in [3.8, 4) is 0 Å². The predicted octanol–water partition coefficient (Wildman–Crippen LogP) is 1.81. The minimum atomic E-state index is 0.518. The summed E-state index contributed by atoms with van der Waals surface area (Å²) in [6, 6.07) is 0. The molecule has 0 bridgehead atoms. The summed E-state index contributed by atoms with van der Waals surface area (Å²) in [6.07, 6.45) is 0. The Hall–Kier alpha value is -1.33. The Morgan fingerprint density at radius 1 is 1.50 bits per heavy atom. The van der Waals surface area contributed by atoms with E-state index < -0.39 is 0 Å². The van der Waals surface area contributed by atoms with Gasteiger partial charge in [0, 0.05) is 6.54 Å². The molecule has 0 atom stereocenters. The fourth-order valence-corrected chi connectivity index (χ4v) is 0.691. The quantitative estimate of drug-likeness (QED) is 0.383. The number of allylic oxidation sites excluding steroid dienone is 1. The van der Waals surface area contributed by atoms with Gasteiger partial charge in [-0.05, 0) is 38.4 Å². The standard InChI is InChI=1S/C10H14N2/c1-5-6-10(12-4)9(3)8(2)7-11/h1,4,7,11H2,2-3H3/b9-8-. The van der Waals surface area contributed by atoms with Crippen molar-refractivity contribution in [2.24, 2.45) is 10.7 Å². The monoisotopic (exact) mass is 162 g/mol. The molecule has 0 saturated heterocycles. The first-order chi connectivity index (χ1) is 5.67. The fraction of sp³-hybridized carbons (Fsp3) is 0.300. The molecule has 0 rings (SSSR count). The van der Waals surface area contributed by atoms with Gasteiger partial charge in [-0.25, -0.2) is 0 Å². The molecular weight excluding hydrogens is 148 g/mol. The first kappa shape index (κ1) is 10.7. The molecule has 0 saturated carbocycles. The minimum Gasteiger partial charge on any atom is -0.327 e. The first-order valence-electron chi connectivity index (χ1n) is 3.66. The third-order valence-electron chi connectivity index (χ3n) is 1.67. The zero-order valence-electron chi connectivity index (χ0n) is 7.65. The smallest absolute Gasteiger partial charge is 0.115 e. The molecule has 2 heteroatoms. The van der Waals surface area contributed by atoms with Crippen LogP contribution >= 0.6 is 0 Å². The van der Waals surface area contributed by atoms with Gasteiger partial charge >= 0.3 is 0 Å². The summed E-state index contributed by atoms with van der Waals surface area (Å²) in [5, 5.41) is 0. The highest BCUT2D eigenvalue weighted by Crippen LogP contribution is 2.12. The number of hydrogen-bond donors (Lipinski definition) is 1. The molecule has 12 heavy (non-hydrogen) atoms. The van der Waals surface area contributed by atoms with E-state index in [1.807, 2.05) is 13.8 Å². The SMILES string of the molecule is C=C=C=C(N=C)/C(C)=C(/C)CN. The maximum atomic E-state index is 5.46. The van der Waals surface area contributed by atoms with E-state index in [1.165, 1.54) is 0 Å². The molecule has 0 aromatic rings. The lowest BCUT2D eigenvalue weighted by Crippen LogP contribution is -2.02. The third-order valence-corrected chi connectivity index (χ3v) is 1.67. The molecule has 0 unspecified atom stereocenters. The van der Waals surface area contributed by atoms with Gasteiger partial charge in [0.15, 0.2) is 0 Å². The molecule has 0 aromatic carbocycles. The van der Waals surface area contributed by atoms with Gasteiger partial charge in [0.2, 0.25) is 0 Å². The Morgan fingerprint density at radius 3 is 2.42 bits per heavy atom. The number of rotatable bonds is 3. The largest absolute Gasteiger partial charge is 0.327 e. The molecule has 0 radical (unpaired) electrons. The second-order valence-corrected chi connectivity index (χ2v) is 2.42. The van der Waals surface area contributed by atoms with E-state index in [-0.39, 0.29) is 0 Å². The van der Waals surface area contributed by atoms with E-state index in [0.29, 0.717) is 12.2 Å². The van der Waals surface area contributed by atoms with Crippen LogP contribution in [0.3, 0.4) is 0 Å². The second-order valence-electron chi connectivity index (χ2n) is 2.42. The normalized spacial score (nSPS) is 10.9. The summed E-state index contributed by atoms with van der Waals surface area (Å²) in [5.41, 5.74) is 13.5. The van der Waals surface area contributed by atoms with Gasteiger partial charge in [-0.2, -0.15) is 0 Å². The lowest BCUT2D eigenvalue weighted by atomic mass is 10.1. The van der Waals surface area contributed by atoms with Crippen LogP contribution in [0.5, 0.6) is 0 Å².